The largest absolute Gasteiger partial charge is 0.546 e. The third kappa shape index (κ3) is 6.39. The number of carbonyl (C=O) groups excluding carboxylic acids is 2. The van der Waals surface area contributed by atoms with Crippen molar-refractivity contribution in [3.05, 3.63) is 59.7 Å². The van der Waals surface area contributed by atoms with Gasteiger partial charge in [0.25, 0.3) is 0 Å². The fourth-order valence-electron chi connectivity index (χ4n) is 2.24. The number of carbonyl (C=O) groups is 2. The predicted octanol–water partition coefficient (Wildman–Crippen LogP) is 2.71. The van der Waals surface area contributed by atoms with Crippen LogP contribution in [0.5, 0.6) is 17.2 Å². The molecule has 0 heterocycles. The Morgan fingerprint density at radius 3 is 2.57 bits per heavy atom. The molecular formula is C20H17F2O6-. The molecule has 0 radical (unpaired) electrons. The van der Waals surface area contributed by atoms with Crippen molar-refractivity contribution in [1.82, 2.24) is 0 Å². The molecular weight excluding hydrogens is 374 g/mol. The van der Waals surface area contributed by atoms with E-state index >= 15 is 0 Å². The van der Waals surface area contributed by atoms with E-state index in [2.05, 4.69) is 4.74 Å². The standard InChI is InChI=1S/C20H18F2O6/c1-2-26-18-10-13(7-9-17(18)28-20(21)22)6-8-16(23)14-4-3-5-15(11-14)27-12-19(24)25/h3-11,20H,2,12H2,1H3,(H,24,25)/p-1/b8-6+. The van der Waals surface area contributed by atoms with Crippen molar-refractivity contribution in [2.24, 2.45) is 0 Å². The van der Waals surface area contributed by atoms with E-state index in [0.29, 0.717) is 5.56 Å². The van der Waals surface area contributed by atoms with Crippen LogP contribution >= 0.6 is 0 Å². The van der Waals surface area contributed by atoms with Crippen LogP contribution < -0.4 is 19.3 Å². The molecule has 0 bridgehead atoms. The maximum absolute atomic E-state index is 12.4. The van der Waals surface area contributed by atoms with Gasteiger partial charge in [-0.15, -0.1) is 0 Å². The molecule has 0 aliphatic carbocycles. The van der Waals surface area contributed by atoms with Crippen molar-refractivity contribution >= 4 is 17.8 Å². The summed E-state index contributed by atoms with van der Waals surface area (Å²) in [5.74, 6) is -1.48. The Balaban J connectivity index is 2.14. The minimum Gasteiger partial charge on any atom is -0.546 e. The maximum atomic E-state index is 12.4. The minimum atomic E-state index is -2.98. The second kappa shape index (κ2) is 10.1. The van der Waals surface area contributed by atoms with E-state index in [1.54, 1.807) is 19.1 Å². The van der Waals surface area contributed by atoms with Crippen LogP contribution in [0.2, 0.25) is 0 Å². The zero-order valence-electron chi connectivity index (χ0n) is 14.9. The lowest BCUT2D eigenvalue weighted by Crippen LogP contribution is -2.28. The van der Waals surface area contributed by atoms with Crippen LogP contribution in [0.25, 0.3) is 6.08 Å². The Morgan fingerprint density at radius 1 is 1.11 bits per heavy atom. The van der Waals surface area contributed by atoms with Crippen molar-refractivity contribution in [3.8, 4) is 17.2 Å². The van der Waals surface area contributed by atoms with E-state index in [1.165, 1.54) is 42.5 Å². The minimum absolute atomic E-state index is 0.0990. The Kier molecular flexibility index (Phi) is 7.50. The lowest BCUT2D eigenvalue weighted by atomic mass is 10.1. The first-order valence-corrected chi connectivity index (χ1v) is 8.25. The summed E-state index contributed by atoms with van der Waals surface area (Å²) in [4.78, 5) is 22.7. The van der Waals surface area contributed by atoms with E-state index in [9.17, 15) is 23.5 Å². The van der Waals surface area contributed by atoms with Gasteiger partial charge in [-0.2, -0.15) is 8.78 Å². The van der Waals surface area contributed by atoms with Gasteiger partial charge in [-0.05, 0) is 42.8 Å². The first-order chi connectivity index (χ1) is 13.4. The molecule has 0 fully saturated rings. The van der Waals surface area contributed by atoms with E-state index < -0.39 is 19.2 Å². The summed E-state index contributed by atoms with van der Waals surface area (Å²) in [5.41, 5.74) is 0.831. The monoisotopic (exact) mass is 391 g/mol. The highest BCUT2D eigenvalue weighted by molar-refractivity contribution is 6.07. The van der Waals surface area contributed by atoms with E-state index in [0.717, 1.165) is 0 Å². The molecule has 6 nitrogen and oxygen atoms in total. The van der Waals surface area contributed by atoms with Crippen LogP contribution in [-0.4, -0.2) is 31.6 Å². The lowest BCUT2D eigenvalue weighted by molar-refractivity contribution is -0.307. The third-order valence-electron chi connectivity index (χ3n) is 3.39. The summed E-state index contributed by atoms with van der Waals surface area (Å²) in [6.45, 7) is -1.65. The molecule has 148 valence electrons. The Morgan fingerprint density at radius 2 is 1.89 bits per heavy atom. The van der Waals surface area contributed by atoms with Crippen molar-refractivity contribution in [2.75, 3.05) is 13.2 Å². The van der Waals surface area contributed by atoms with Gasteiger partial charge >= 0.3 is 6.61 Å². The van der Waals surface area contributed by atoms with Crippen LogP contribution in [0.3, 0.4) is 0 Å². The number of ketones is 1. The van der Waals surface area contributed by atoms with Gasteiger partial charge in [-0.3, -0.25) is 4.79 Å². The normalized spacial score (nSPS) is 10.9. The fraction of sp³-hybridized carbons (Fsp3) is 0.200. The average molecular weight is 391 g/mol. The average Bonchev–Trinajstić information content (AvgIpc) is 2.66. The zero-order chi connectivity index (χ0) is 20.5. The first-order valence-electron chi connectivity index (χ1n) is 8.25. The van der Waals surface area contributed by atoms with Gasteiger partial charge in [-0.25, -0.2) is 0 Å². The number of ether oxygens (including phenoxy) is 3. The second-order valence-electron chi connectivity index (χ2n) is 5.40. The van der Waals surface area contributed by atoms with Crippen LogP contribution in [0.4, 0.5) is 8.78 Å². The molecule has 2 aromatic carbocycles. The number of allylic oxidation sites excluding steroid dienone is 1. The Labute approximate surface area is 160 Å². The summed E-state index contributed by atoms with van der Waals surface area (Å²) >= 11 is 0. The molecule has 2 aromatic rings. The summed E-state index contributed by atoms with van der Waals surface area (Å²) in [6, 6.07) is 10.3. The fourth-order valence-corrected chi connectivity index (χ4v) is 2.24. The van der Waals surface area contributed by atoms with Crippen LogP contribution in [0.1, 0.15) is 22.8 Å². The molecule has 8 heteroatoms. The zero-order valence-corrected chi connectivity index (χ0v) is 14.9. The summed E-state index contributed by atoms with van der Waals surface area (Å²) in [7, 11) is 0. The van der Waals surface area contributed by atoms with E-state index in [1.807, 2.05) is 0 Å². The van der Waals surface area contributed by atoms with Gasteiger partial charge < -0.3 is 24.1 Å². The maximum Gasteiger partial charge on any atom is 0.387 e. The van der Waals surface area contributed by atoms with Crippen LogP contribution in [-0.2, 0) is 4.79 Å². The molecule has 0 aromatic heterocycles. The molecule has 0 saturated carbocycles. The van der Waals surface area contributed by atoms with Crippen LogP contribution in [0.15, 0.2) is 48.5 Å². The van der Waals surface area contributed by atoms with E-state index in [-0.39, 0.29) is 35.2 Å². The molecule has 28 heavy (non-hydrogen) atoms. The summed E-state index contributed by atoms with van der Waals surface area (Å²) in [6.07, 6.45) is 2.78. The van der Waals surface area contributed by atoms with Gasteiger partial charge in [-0.1, -0.05) is 24.3 Å². The lowest BCUT2D eigenvalue weighted by Gasteiger charge is -2.11. The van der Waals surface area contributed by atoms with Crippen LogP contribution in [0, 0.1) is 0 Å². The van der Waals surface area contributed by atoms with Gasteiger partial charge in [0.2, 0.25) is 0 Å². The first kappa shape index (κ1) is 20.9. The van der Waals surface area contributed by atoms with Gasteiger partial charge in [0.15, 0.2) is 17.3 Å². The third-order valence-corrected chi connectivity index (χ3v) is 3.39. The van der Waals surface area contributed by atoms with Gasteiger partial charge in [0.1, 0.15) is 12.4 Å². The molecule has 0 unspecified atom stereocenters. The second-order valence-corrected chi connectivity index (χ2v) is 5.40. The smallest absolute Gasteiger partial charge is 0.387 e. The van der Waals surface area contributed by atoms with Crippen molar-refractivity contribution in [1.29, 1.82) is 0 Å². The predicted molar refractivity (Wildman–Crippen MR) is 94.6 cm³/mol. The van der Waals surface area contributed by atoms with Gasteiger partial charge in [0.05, 0.1) is 12.6 Å². The highest BCUT2D eigenvalue weighted by Crippen LogP contribution is 2.30. The number of aliphatic carboxylic acids is 1. The number of carboxylic acids is 1. The highest BCUT2D eigenvalue weighted by atomic mass is 19.3. The number of halogens is 2. The molecule has 0 aliphatic heterocycles. The molecule has 0 aliphatic rings. The Hall–Kier alpha value is -3.42. The number of hydrogen-bond acceptors (Lipinski definition) is 6. The summed E-state index contributed by atoms with van der Waals surface area (Å²) in [5, 5.41) is 10.4. The topological polar surface area (TPSA) is 84.9 Å². The molecule has 0 atom stereocenters. The molecule has 0 N–H and O–H groups in total. The van der Waals surface area contributed by atoms with Crippen molar-refractivity contribution in [3.63, 3.8) is 0 Å². The number of carboxylic acid groups (broad SMARTS) is 1. The molecule has 0 saturated heterocycles. The highest BCUT2D eigenvalue weighted by Gasteiger charge is 2.11. The molecule has 0 amide bonds. The van der Waals surface area contributed by atoms with Crippen molar-refractivity contribution < 1.29 is 37.7 Å². The SMILES string of the molecule is CCOc1cc(/C=C/C(=O)c2cccc(OCC(=O)[O-])c2)ccc1OC(F)F. The van der Waals surface area contributed by atoms with Gasteiger partial charge in [0, 0.05) is 5.56 Å². The quantitative estimate of drug-likeness (QED) is 0.457. The number of benzene rings is 2. The number of rotatable bonds is 10. The number of hydrogen-bond donors (Lipinski definition) is 0. The number of alkyl halides is 2. The molecule has 2 rings (SSSR count). The van der Waals surface area contributed by atoms with Crippen molar-refractivity contribution in [2.45, 2.75) is 13.5 Å². The molecule has 0 spiro atoms. The Bertz CT molecular complexity index is 864. The summed E-state index contributed by atoms with van der Waals surface area (Å²) < 4.78 is 39.5. The van der Waals surface area contributed by atoms with E-state index in [4.69, 9.17) is 9.47 Å².